The van der Waals surface area contributed by atoms with Crippen LogP contribution in [0.15, 0.2) is 70.5 Å². The van der Waals surface area contributed by atoms with Gasteiger partial charge in [-0.05, 0) is 91.1 Å². The lowest BCUT2D eigenvalue weighted by Crippen LogP contribution is -2.36. The second-order valence-electron chi connectivity index (χ2n) is 8.10. The summed E-state index contributed by atoms with van der Waals surface area (Å²) in [6.07, 6.45) is 0.551. The van der Waals surface area contributed by atoms with Gasteiger partial charge in [0.05, 0.1) is 16.9 Å². The van der Waals surface area contributed by atoms with E-state index in [4.69, 9.17) is 4.74 Å². The van der Waals surface area contributed by atoms with Crippen LogP contribution in [0, 0.1) is 13.8 Å². The highest BCUT2D eigenvalue weighted by Crippen LogP contribution is 2.29. The molecule has 1 aliphatic rings. The average Bonchev–Trinajstić information content (AvgIpc) is 2.80. The van der Waals surface area contributed by atoms with Crippen molar-refractivity contribution in [3.8, 4) is 5.75 Å². The van der Waals surface area contributed by atoms with E-state index in [1.807, 2.05) is 19.9 Å². The fourth-order valence-corrected chi connectivity index (χ4v) is 6.34. The number of ether oxygens (including phenoxy) is 1. The number of nitrogens with zero attached hydrogens (tertiary/aromatic N) is 1. The Kier molecular flexibility index (Phi) is 6.22. The van der Waals surface area contributed by atoms with E-state index in [-0.39, 0.29) is 16.3 Å². The Hall–Kier alpha value is -2.88. The third-order valence-electron chi connectivity index (χ3n) is 5.92. The molecular weight excluding hydrogens is 460 g/mol. The van der Waals surface area contributed by atoms with Crippen LogP contribution in [0.5, 0.6) is 5.75 Å². The number of methoxy groups -OCH3 is 1. The lowest BCUT2D eigenvalue weighted by molar-refractivity contribution is 0.391. The zero-order valence-corrected chi connectivity index (χ0v) is 20.3. The molecule has 0 atom stereocenters. The van der Waals surface area contributed by atoms with Crippen LogP contribution in [0.2, 0.25) is 0 Å². The molecule has 1 heterocycles. The summed E-state index contributed by atoms with van der Waals surface area (Å²) in [4.78, 5) is 0.380. The topological polar surface area (TPSA) is 92.8 Å². The highest BCUT2D eigenvalue weighted by Gasteiger charge is 2.28. The van der Waals surface area contributed by atoms with E-state index in [0.29, 0.717) is 24.4 Å². The standard InChI is InChI=1S/C24H26N2O5S2/c1-17-4-9-24(14-18(17)2)32(27,28)25-21-6-5-19-12-13-26(16-20(19)15-21)33(29,30)23-10-7-22(31-3)8-11-23/h4-11,14-15,25H,12-13,16H2,1-3H3. The number of hydrogen-bond acceptors (Lipinski definition) is 5. The quantitative estimate of drug-likeness (QED) is 0.571. The number of hydrogen-bond donors (Lipinski definition) is 1. The van der Waals surface area contributed by atoms with Gasteiger partial charge in [-0.1, -0.05) is 12.1 Å². The molecule has 0 aliphatic carbocycles. The predicted molar refractivity (Wildman–Crippen MR) is 127 cm³/mol. The normalized spacial score (nSPS) is 14.5. The van der Waals surface area contributed by atoms with Gasteiger partial charge >= 0.3 is 0 Å². The summed E-state index contributed by atoms with van der Waals surface area (Å²) < 4.78 is 61.1. The second-order valence-corrected chi connectivity index (χ2v) is 11.7. The predicted octanol–water partition coefficient (Wildman–Crippen LogP) is 3.86. The maximum absolute atomic E-state index is 13.1. The third-order valence-corrected chi connectivity index (χ3v) is 9.16. The molecule has 0 unspecified atom stereocenters. The molecule has 1 N–H and O–H groups in total. The third kappa shape index (κ3) is 4.75. The van der Waals surface area contributed by atoms with E-state index in [2.05, 4.69) is 4.72 Å². The van der Waals surface area contributed by atoms with Crippen molar-refractivity contribution in [2.75, 3.05) is 18.4 Å². The molecule has 0 bridgehead atoms. The maximum atomic E-state index is 13.1. The smallest absolute Gasteiger partial charge is 0.261 e. The van der Waals surface area contributed by atoms with Gasteiger partial charge in [0.1, 0.15) is 5.75 Å². The highest BCUT2D eigenvalue weighted by atomic mass is 32.2. The zero-order valence-electron chi connectivity index (χ0n) is 18.7. The molecule has 1 aliphatic heterocycles. The lowest BCUT2D eigenvalue weighted by atomic mass is 10.0. The zero-order chi connectivity index (χ0) is 23.8. The summed E-state index contributed by atoms with van der Waals surface area (Å²) in [7, 11) is -5.93. The van der Waals surface area contributed by atoms with Gasteiger partial charge in [-0.2, -0.15) is 4.31 Å². The first-order valence-corrected chi connectivity index (χ1v) is 13.4. The molecule has 3 aromatic rings. The number of rotatable bonds is 6. The minimum atomic E-state index is -3.76. The molecule has 174 valence electrons. The van der Waals surface area contributed by atoms with Crippen molar-refractivity contribution < 1.29 is 21.6 Å². The van der Waals surface area contributed by atoms with Crippen LogP contribution in [-0.2, 0) is 33.0 Å². The Morgan fingerprint density at radius 2 is 1.52 bits per heavy atom. The molecule has 3 aromatic carbocycles. The molecular formula is C24H26N2O5S2. The maximum Gasteiger partial charge on any atom is 0.261 e. The summed E-state index contributed by atoms with van der Waals surface area (Å²) in [5, 5.41) is 0. The van der Waals surface area contributed by atoms with Crippen LogP contribution in [0.3, 0.4) is 0 Å². The van der Waals surface area contributed by atoms with Crippen LogP contribution < -0.4 is 9.46 Å². The van der Waals surface area contributed by atoms with Crippen molar-refractivity contribution >= 4 is 25.7 Å². The molecule has 9 heteroatoms. The number of nitrogens with one attached hydrogen (secondary N) is 1. The van der Waals surface area contributed by atoms with Gasteiger partial charge in [-0.25, -0.2) is 16.8 Å². The summed E-state index contributed by atoms with van der Waals surface area (Å²) in [6, 6.07) is 16.5. The van der Waals surface area contributed by atoms with Gasteiger partial charge in [-0.15, -0.1) is 0 Å². The molecule has 0 aromatic heterocycles. The number of aryl methyl sites for hydroxylation is 2. The minimum Gasteiger partial charge on any atom is -0.497 e. The Bertz CT molecular complexity index is 1400. The number of anilines is 1. The summed E-state index contributed by atoms with van der Waals surface area (Å²) in [6.45, 7) is 4.32. The van der Waals surface area contributed by atoms with E-state index in [0.717, 1.165) is 22.3 Å². The van der Waals surface area contributed by atoms with E-state index in [1.54, 1.807) is 42.5 Å². The van der Waals surface area contributed by atoms with Crippen LogP contribution in [-0.4, -0.2) is 34.8 Å². The van der Waals surface area contributed by atoms with Gasteiger partial charge in [0, 0.05) is 18.8 Å². The summed E-state index contributed by atoms with van der Waals surface area (Å²) in [5.74, 6) is 0.582. The SMILES string of the molecule is COc1ccc(S(=O)(=O)N2CCc3ccc(NS(=O)(=O)c4ccc(C)c(C)c4)cc3C2)cc1. The first-order valence-electron chi connectivity index (χ1n) is 10.5. The molecule has 0 radical (unpaired) electrons. The molecule has 0 saturated carbocycles. The molecule has 4 rings (SSSR count). The van der Waals surface area contributed by atoms with E-state index < -0.39 is 20.0 Å². The molecule has 0 spiro atoms. The Balaban J connectivity index is 1.57. The van der Waals surface area contributed by atoms with E-state index >= 15 is 0 Å². The number of benzene rings is 3. The first kappa shape index (κ1) is 23.3. The average molecular weight is 487 g/mol. The van der Waals surface area contributed by atoms with E-state index in [1.165, 1.54) is 23.5 Å². The number of fused-ring (bicyclic) bond motifs is 1. The Labute approximate surface area is 195 Å². The highest BCUT2D eigenvalue weighted by molar-refractivity contribution is 7.92. The monoisotopic (exact) mass is 486 g/mol. The van der Waals surface area contributed by atoms with Crippen molar-refractivity contribution in [2.45, 2.75) is 36.6 Å². The van der Waals surface area contributed by atoms with Gasteiger partial charge < -0.3 is 4.74 Å². The molecule has 0 fully saturated rings. The van der Waals surface area contributed by atoms with Crippen LogP contribution in [0.4, 0.5) is 5.69 Å². The Morgan fingerprint density at radius 3 is 2.18 bits per heavy atom. The summed E-state index contributed by atoms with van der Waals surface area (Å²) >= 11 is 0. The van der Waals surface area contributed by atoms with Crippen LogP contribution in [0.1, 0.15) is 22.3 Å². The fraction of sp³-hybridized carbons (Fsp3) is 0.250. The largest absolute Gasteiger partial charge is 0.497 e. The van der Waals surface area contributed by atoms with Gasteiger partial charge in [0.25, 0.3) is 10.0 Å². The van der Waals surface area contributed by atoms with E-state index in [9.17, 15) is 16.8 Å². The van der Waals surface area contributed by atoms with Crippen LogP contribution >= 0.6 is 0 Å². The molecule has 0 amide bonds. The minimum absolute atomic E-state index is 0.170. The Morgan fingerprint density at radius 1 is 0.818 bits per heavy atom. The van der Waals surface area contributed by atoms with Crippen molar-refractivity contribution in [2.24, 2.45) is 0 Å². The first-order chi connectivity index (χ1) is 15.6. The van der Waals surface area contributed by atoms with Gasteiger partial charge in [0.2, 0.25) is 10.0 Å². The fourth-order valence-electron chi connectivity index (χ4n) is 3.79. The lowest BCUT2D eigenvalue weighted by Gasteiger charge is -2.28. The van der Waals surface area contributed by atoms with Crippen molar-refractivity contribution in [3.63, 3.8) is 0 Å². The van der Waals surface area contributed by atoms with Crippen molar-refractivity contribution in [3.05, 3.63) is 82.9 Å². The van der Waals surface area contributed by atoms with Crippen molar-refractivity contribution in [1.82, 2.24) is 4.31 Å². The van der Waals surface area contributed by atoms with Crippen LogP contribution in [0.25, 0.3) is 0 Å². The number of sulfonamides is 2. The van der Waals surface area contributed by atoms with Gasteiger partial charge in [0.15, 0.2) is 0 Å². The van der Waals surface area contributed by atoms with Crippen molar-refractivity contribution in [1.29, 1.82) is 0 Å². The van der Waals surface area contributed by atoms with Gasteiger partial charge in [-0.3, -0.25) is 4.72 Å². The summed E-state index contributed by atoms with van der Waals surface area (Å²) in [5.41, 5.74) is 4.09. The molecule has 0 saturated heterocycles. The molecule has 7 nitrogen and oxygen atoms in total. The molecule has 33 heavy (non-hydrogen) atoms. The second kappa shape index (κ2) is 8.81.